The van der Waals surface area contributed by atoms with Gasteiger partial charge in [0.05, 0.1) is 32.0 Å². The van der Waals surface area contributed by atoms with Crippen molar-refractivity contribution in [3.05, 3.63) is 12.2 Å². The van der Waals surface area contributed by atoms with Gasteiger partial charge in [0.1, 0.15) is 24.4 Å². The molecule has 402 valence electrons. The van der Waals surface area contributed by atoms with Crippen LogP contribution in [-0.4, -0.2) is 100 Å². The minimum absolute atomic E-state index is 0.0284. The Balaban J connectivity index is 2.04. The number of hydrogen-bond acceptors (Lipinski definition) is 10. The molecule has 0 radical (unpaired) electrons. The minimum Gasteiger partial charge on any atom is -0.466 e. The molecule has 68 heavy (non-hydrogen) atoms. The summed E-state index contributed by atoms with van der Waals surface area (Å²) in [6.45, 7) is 4.27. The molecule has 0 saturated carbocycles. The molecule has 0 bridgehead atoms. The van der Waals surface area contributed by atoms with E-state index in [-0.39, 0.29) is 18.5 Å². The molecule has 0 aromatic rings. The van der Waals surface area contributed by atoms with Gasteiger partial charge < -0.3 is 45.1 Å². The zero-order valence-electron chi connectivity index (χ0n) is 44.1. The number of unbranched alkanes of at least 4 members (excludes halogenated alkanes) is 36. The molecule has 1 saturated heterocycles. The van der Waals surface area contributed by atoms with Crippen LogP contribution in [-0.2, 0) is 23.8 Å². The molecule has 0 spiro atoms. The normalized spacial score (nSPS) is 19.4. The first kappa shape index (κ1) is 64.4. The van der Waals surface area contributed by atoms with E-state index in [0.29, 0.717) is 19.4 Å². The van der Waals surface area contributed by atoms with Crippen LogP contribution >= 0.6 is 0 Å². The van der Waals surface area contributed by atoms with Crippen LogP contribution in [0.2, 0.25) is 0 Å². The average molecular weight is 968 g/mol. The fourth-order valence-corrected chi connectivity index (χ4v) is 9.26. The number of amides is 1. The number of carbonyl (C=O) groups is 2. The predicted octanol–water partition coefficient (Wildman–Crippen LogP) is 12.8. The van der Waals surface area contributed by atoms with Crippen molar-refractivity contribution in [2.75, 3.05) is 19.8 Å². The molecule has 1 aliphatic heterocycles. The van der Waals surface area contributed by atoms with E-state index in [1.54, 1.807) is 6.08 Å². The fraction of sp³-hybridized carbons (Fsp3) is 0.930. The summed E-state index contributed by atoms with van der Waals surface area (Å²) in [7, 11) is 0. The van der Waals surface area contributed by atoms with E-state index in [1.165, 1.54) is 180 Å². The third kappa shape index (κ3) is 37.2. The third-order valence-electron chi connectivity index (χ3n) is 13.9. The SMILES string of the molecule is CCCCCCCCC/C=C/C(O)C(COC1OC(CO)C(O)C(O)C1O)NC(=O)CCCCCCCCCCCCCCOC(=O)CCCCCCCCCCCCCCCCCCCCC. The zero-order chi connectivity index (χ0) is 49.6. The monoisotopic (exact) mass is 968 g/mol. The quantitative estimate of drug-likeness (QED) is 0.0196. The number of hydrogen-bond donors (Lipinski definition) is 6. The van der Waals surface area contributed by atoms with Gasteiger partial charge in [-0.25, -0.2) is 0 Å². The Morgan fingerprint density at radius 2 is 0.926 bits per heavy atom. The minimum atomic E-state index is -1.57. The zero-order valence-corrected chi connectivity index (χ0v) is 44.1. The molecular formula is C57H109NO10. The Hall–Kier alpha value is -1.60. The number of ether oxygens (including phenoxy) is 3. The standard InChI is InChI=1S/C57H109NO10/c1-3-5-7-9-11-13-14-15-16-17-18-19-20-21-25-29-33-37-41-45-53(62)66-46-42-38-34-30-26-23-22-24-28-32-36-40-44-52(61)58-49(50(60)43-39-35-31-27-12-10-8-6-4-2)48-67-57-56(65)55(64)54(63)51(47-59)68-57/h39,43,49-51,54-57,59-60,63-65H,3-38,40-42,44-48H2,1-2H3,(H,58,61)/b43-39+. The van der Waals surface area contributed by atoms with Crippen molar-refractivity contribution in [2.24, 2.45) is 0 Å². The average Bonchev–Trinajstić information content (AvgIpc) is 3.33. The number of rotatable bonds is 50. The van der Waals surface area contributed by atoms with Crippen molar-refractivity contribution < 1.29 is 49.3 Å². The second kappa shape index (κ2) is 47.7. The molecule has 6 N–H and O–H groups in total. The molecule has 0 aromatic heterocycles. The van der Waals surface area contributed by atoms with E-state index >= 15 is 0 Å². The molecule has 7 atom stereocenters. The third-order valence-corrected chi connectivity index (χ3v) is 13.9. The number of allylic oxidation sites excluding steroid dienone is 1. The van der Waals surface area contributed by atoms with E-state index in [1.807, 2.05) is 6.08 Å². The molecule has 1 aliphatic rings. The summed E-state index contributed by atoms with van der Waals surface area (Å²) < 4.78 is 16.7. The van der Waals surface area contributed by atoms with Crippen LogP contribution in [0.15, 0.2) is 12.2 Å². The van der Waals surface area contributed by atoms with E-state index in [2.05, 4.69) is 19.2 Å². The number of carbonyl (C=O) groups excluding carboxylic acids is 2. The maximum absolute atomic E-state index is 13.0. The van der Waals surface area contributed by atoms with Gasteiger partial charge in [-0.1, -0.05) is 244 Å². The van der Waals surface area contributed by atoms with Gasteiger partial charge in [0.25, 0.3) is 0 Å². The molecule has 1 rings (SSSR count). The smallest absolute Gasteiger partial charge is 0.305 e. The molecule has 11 heteroatoms. The van der Waals surface area contributed by atoms with E-state index in [9.17, 15) is 35.1 Å². The summed E-state index contributed by atoms with van der Waals surface area (Å²) in [5.41, 5.74) is 0. The summed E-state index contributed by atoms with van der Waals surface area (Å²) in [5.74, 6) is -0.226. The molecule has 1 heterocycles. The summed E-state index contributed by atoms with van der Waals surface area (Å²) in [5, 5.41) is 54.1. The van der Waals surface area contributed by atoms with Crippen molar-refractivity contribution in [3.63, 3.8) is 0 Å². The Kier molecular flexibility index (Phi) is 45.2. The second-order valence-electron chi connectivity index (χ2n) is 20.4. The summed E-state index contributed by atoms with van der Waals surface area (Å²) >= 11 is 0. The Labute approximate surface area is 417 Å². The number of nitrogens with one attached hydrogen (secondary N) is 1. The van der Waals surface area contributed by atoms with Gasteiger partial charge in [-0.3, -0.25) is 9.59 Å². The van der Waals surface area contributed by atoms with Crippen LogP contribution in [0.3, 0.4) is 0 Å². The van der Waals surface area contributed by atoms with Crippen molar-refractivity contribution in [1.29, 1.82) is 0 Å². The van der Waals surface area contributed by atoms with E-state index < -0.39 is 49.5 Å². The molecule has 0 aromatic carbocycles. The fourth-order valence-electron chi connectivity index (χ4n) is 9.26. The lowest BCUT2D eigenvalue weighted by molar-refractivity contribution is -0.302. The summed E-state index contributed by atoms with van der Waals surface area (Å²) in [6, 6.07) is -0.819. The van der Waals surface area contributed by atoms with Crippen molar-refractivity contribution in [1.82, 2.24) is 5.32 Å². The van der Waals surface area contributed by atoms with Gasteiger partial charge in [-0.2, -0.15) is 0 Å². The molecule has 1 amide bonds. The lowest BCUT2D eigenvalue weighted by Crippen LogP contribution is -2.60. The lowest BCUT2D eigenvalue weighted by atomic mass is 9.99. The highest BCUT2D eigenvalue weighted by Crippen LogP contribution is 2.23. The Bertz CT molecular complexity index is 1140. The van der Waals surface area contributed by atoms with Gasteiger partial charge >= 0.3 is 5.97 Å². The molecule has 7 unspecified atom stereocenters. The van der Waals surface area contributed by atoms with Crippen LogP contribution in [0.4, 0.5) is 0 Å². The summed E-state index contributed by atoms with van der Waals surface area (Å²) in [4.78, 5) is 25.1. The first-order valence-corrected chi connectivity index (χ1v) is 29.0. The predicted molar refractivity (Wildman–Crippen MR) is 278 cm³/mol. The topological polar surface area (TPSA) is 175 Å². The summed E-state index contributed by atoms with van der Waals surface area (Å²) in [6.07, 6.45) is 44.5. The van der Waals surface area contributed by atoms with Crippen LogP contribution in [0.25, 0.3) is 0 Å². The molecule has 0 aliphatic carbocycles. The van der Waals surface area contributed by atoms with E-state index in [4.69, 9.17) is 14.2 Å². The largest absolute Gasteiger partial charge is 0.466 e. The Morgan fingerprint density at radius 1 is 0.529 bits per heavy atom. The number of aliphatic hydroxyl groups excluding tert-OH is 5. The number of esters is 1. The van der Waals surface area contributed by atoms with Gasteiger partial charge in [0.15, 0.2) is 6.29 Å². The maximum Gasteiger partial charge on any atom is 0.305 e. The maximum atomic E-state index is 13.0. The molecular weight excluding hydrogens is 859 g/mol. The first-order valence-electron chi connectivity index (χ1n) is 29.0. The highest BCUT2D eigenvalue weighted by atomic mass is 16.7. The van der Waals surface area contributed by atoms with Crippen LogP contribution in [0.1, 0.15) is 277 Å². The Morgan fingerprint density at radius 3 is 1.37 bits per heavy atom. The second-order valence-corrected chi connectivity index (χ2v) is 20.4. The van der Waals surface area contributed by atoms with Gasteiger partial charge in [-0.15, -0.1) is 0 Å². The number of aliphatic hydroxyl groups is 5. The van der Waals surface area contributed by atoms with Crippen LogP contribution in [0, 0.1) is 0 Å². The van der Waals surface area contributed by atoms with E-state index in [0.717, 1.165) is 70.6 Å². The highest BCUT2D eigenvalue weighted by Gasteiger charge is 2.44. The van der Waals surface area contributed by atoms with Gasteiger partial charge in [0, 0.05) is 12.8 Å². The van der Waals surface area contributed by atoms with Crippen molar-refractivity contribution >= 4 is 11.9 Å². The van der Waals surface area contributed by atoms with Crippen molar-refractivity contribution in [3.8, 4) is 0 Å². The van der Waals surface area contributed by atoms with Crippen molar-refractivity contribution in [2.45, 2.75) is 320 Å². The molecule has 1 fully saturated rings. The van der Waals surface area contributed by atoms with Gasteiger partial charge in [-0.05, 0) is 32.1 Å². The van der Waals surface area contributed by atoms with Crippen LogP contribution < -0.4 is 5.32 Å². The van der Waals surface area contributed by atoms with Gasteiger partial charge in [0.2, 0.25) is 5.91 Å². The lowest BCUT2D eigenvalue weighted by Gasteiger charge is -2.40. The molecule has 11 nitrogen and oxygen atoms in total. The first-order chi connectivity index (χ1) is 33.2. The highest BCUT2D eigenvalue weighted by molar-refractivity contribution is 5.76. The van der Waals surface area contributed by atoms with Crippen LogP contribution in [0.5, 0.6) is 0 Å².